The number of hydrogen-bond acceptors (Lipinski definition) is 3. The molecule has 0 bridgehead atoms. The van der Waals surface area contributed by atoms with Crippen LogP contribution >= 0.6 is 6.29 Å². The summed E-state index contributed by atoms with van der Waals surface area (Å²) in [6, 6.07) is 0. The van der Waals surface area contributed by atoms with Crippen LogP contribution in [-0.2, 0) is 4.57 Å². The Hall–Kier alpha value is 1.19. The molecule has 0 aliphatic heterocycles. The molecule has 0 rings (SSSR count). The standard InChI is InChI=1S/CH5O3PSe2/c1-6-7-5(2,3)4/h1H3,(H2,2,3,4)/p-2. The molecule has 3 nitrogen and oxygen atoms in total. The average molecular weight is 252 g/mol. The molecule has 0 spiro atoms. The van der Waals surface area contributed by atoms with Crippen molar-refractivity contribution in [3.05, 3.63) is 0 Å². The summed E-state index contributed by atoms with van der Waals surface area (Å²) in [5.74, 6) is 1.75. The third-order valence-corrected chi connectivity index (χ3v) is 13.4. The van der Waals surface area contributed by atoms with E-state index in [0.717, 1.165) is 0 Å². The van der Waals surface area contributed by atoms with Crippen molar-refractivity contribution in [3.63, 3.8) is 0 Å². The van der Waals surface area contributed by atoms with Crippen LogP contribution in [0.1, 0.15) is 0 Å². The fraction of sp³-hybridized carbons (Fsp3) is 1.00. The Labute approximate surface area is 52.5 Å². The van der Waals surface area contributed by atoms with Crippen molar-refractivity contribution in [2.24, 2.45) is 0 Å². The van der Waals surface area contributed by atoms with Gasteiger partial charge in [0.2, 0.25) is 0 Å². The topological polar surface area (TPSA) is 63.2 Å². The Morgan fingerprint density at radius 2 is 2.00 bits per heavy atom. The molecule has 0 amide bonds. The third-order valence-electron chi connectivity index (χ3n) is 0.166. The fourth-order valence-corrected chi connectivity index (χ4v) is 7.39. The van der Waals surface area contributed by atoms with E-state index in [-0.39, 0.29) is 13.1 Å². The summed E-state index contributed by atoms with van der Waals surface area (Å²) >= 11 is -0.605. The van der Waals surface area contributed by atoms with Crippen molar-refractivity contribution in [2.45, 2.75) is 5.82 Å². The zero-order valence-electron chi connectivity index (χ0n) is 3.49. The van der Waals surface area contributed by atoms with Crippen molar-refractivity contribution in [1.82, 2.24) is 0 Å². The zero-order valence-corrected chi connectivity index (χ0v) is 7.81. The van der Waals surface area contributed by atoms with Gasteiger partial charge in [-0.2, -0.15) is 0 Å². The molecule has 0 aliphatic rings. The van der Waals surface area contributed by atoms with Crippen molar-refractivity contribution in [3.8, 4) is 0 Å². The Morgan fingerprint density at radius 3 is 2.00 bits per heavy atom. The molecule has 0 unspecified atom stereocenters. The first-order valence-electron chi connectivity index (χ1n) is 1.31. The van der Waals surface area contributed by atoms with E-state index < -0.39 is 19.0 Å². The maximum atomic E-state index is 9.75. The summed E-state index contributed by atoms with van der Waals surface area (Å²) in [7, 11) is 0. The first kappa shape index (κ1) is 8.19. The van der Waals surface area contributed by atoms with Gasteiger partial charge in [-0.15, -0.1) is 0 Å². The van der Waals surface area contributed by atoms with Crippen LogP contribution in [0.25, 0.3) is 0 Å². The van der Waals surface area contributed by atoms with Crippen LogP contribution in [0.4, 0.5) is 0 Å². The SMILES string of the molecule is C[Se][Se]P(=O)([O-])[O-]. The summed E-state index contributed by atoms with van der Waals surface area (Å²) in [4.78, 5) is 19.5. The van der Waals surface area contributed by atoms with E-state index in [2.05, 4.69) is 0 Å². The van der Waals surface area contributed by atoms with Gasteiger partial charge in [0.25, 0.3) is 0 Å². The van der Waals surface area contributed by atoms with Gasteiger partial charge < -0.3 is 0 Å². The van der Waals surface area contributed by atoms with Crippen LogP contribution < -0.4 is 9.79 Å². The first-order valence-corrected chi connectivity index (χ1v) is 11.1. The van der Waals surface area contributed by atoms with Gasteiger partial charge in [0, 0.05) is 0 Å². The summed E-state index contributed by atoms with van der Waals surface area (Å²) in [6.07, 6.45) is -4.08. The molecule has 0 heterocycles. The van der Waals surface area contributed by atoms with Crippen molar-refractivity contribution in [1.29, 1.82) is 0 Å². The molecule has 44 valence electrons. The number of hydrogen-bond donors (Lipinski definition) is 0. The molecule has 0 aromatic rings. The van der Waals surface area contributed by atoms with E-state index in [9.17, 15) is 14.4 Å². The fourth-order valence-electron chi connectivity index (χ4n) is 0.0913. The molecule has 7 heavy (non-hydrogen) atoms. The van der Waals surface area contributed by atoms with Gasteiger partial charge in [-0.3, -0.25) is 0 Å². The van der Waals surface area contributed by atoms with E-state index in [4.69, 9.17) is 0 Å². The first-order chi connectivity index (χ1) is 3.06. The quantitative estimate of drug-likeness (QED) is 0.429. The van der Waals surface area contributed by atoms with Crippen LogP contribution in [-0.4, -0.2) is 25.8 Å². The Morgan fingerprint density at radius 1 is 1.57 bits per heavy atom. The molecule has 0 N–H and O–H groups in total. The Kier molecular flexibility index (Phi) is 3.82. The van der Waals surface area contributed by atoms with Crippen LogP contribution in [0, 0.1) is 0 Å². The summed E-state index contributed by atoms with van der Waals surface area (Å²) in [5.41, 5.74) is 0. The van der Waals surface area contributed by atoms with E-state index in [1.165, 1.54) is 0 Å². The second-order valence-corrected chi connectivity index (χ2v) is 14.7. The van der Waals surface area contributed by atoms with E-state index >= 15 is 0 Å². The van der Waals surface area contributed by atoms with Crippen LogP contribution in [0.5, 0.6) is 0 Å². The van der Waals surface area contributed by atoms with Gasteiger partial charge in [-0.05, 0) is 0 Å². The molecule has 0 fully saturated rings. The normalized spacial score (nSPS) is 11.9. The second-order valence-electron chi connectivity index (χ2n) is 0.688. The maximum absolute atomic E-state index is 9.75. The van der Waals surface area contributed by atoms with Gasteiger partial charge in [-0.1, -0.05) is 0 Å². The molecule has 0 saturated heterocycles. The molecule has 0 saturated carbocycles. The average Bonchev–Trinajstić information content (AvgIpc) is 1.30. The predicted octanol–water partition coefficient (Wildman–Crippen LogP) is -1.81. The number of rotatable bonds is 2. The van der Waals surface area contributed by atoms with Gasteiger partial charge in [0.05, 0.1) is 0 Å². The third kappa shape index (κ3) is 7.19. The van der Waals surface area contributed by atoms with Crippen LogP contribution in [0.15, 0.2) is 0 Å². The molecule has 0 aliphatic carbocycles. The molecule has 0 radical (unpaired) electrons. The van der Waals surface area contributed by atoms with Crippen LogP contribution in [0.2, 0.25) is 5.82 Å². The van der Waals surface area contributed by atoms with Gasteiger partial charge >= 0.3 is 52.3 Å². The minimum atomic E-state index is -4.08. The van der Waals surface area contributed by atoms with E-state index in [1.807, 2.05) is 0 Å². The molecular weight excluding hydrogens is 249 g/mol. The monoisotopic (exact) mass is 254 g/mol. The molecule has 0 aromatic carbocycles. The molecule has 0 aromatic heterocycles. The van der Waals surface area contributed by atoms with Crippen molar-refractivity contribution >= 4 is 32.1 Å². The van der Waals surface area contributed by atoms with Crippen LogP contribution in [0.3, 0.4) is 0 Å². The van der Waals surface area contributed by atoms with Gasteiger partial charge in [-0.25, -0.2) is 0 Å². The van der Waals surface area contributed by atoms with Crippen molar-refractivity contribution in [2.75, 3.05) is 0 Å². The van der Waals surface area contributed by atoms with E-state index in [1.54, 1.807) is 5.82 Å². The van der Waals surface area contributed by atoms with Crippen molar-refractivity contribution < 1.29 is 14.4 Å². The summed E-state index contributed by atoms with van der Waals surface area (Å²) < 4.78 is 9.75. The Bertz CT molecular complexity index is 86.9. The molecule has 0 atom stereocenters. The van der Waals surface area contributed by atoms with E-state index in [0.29, 0.717) is 0 Å². The second kappa shape index (κ2) is 3.26. The minimum absolute atomic E-state index is 0.0338. The molecule has 6 heteroatoms. The summed E-state index contributed by atoms with van der Waals surface area (Å²) in [5, 5.41) is 0. The Balaban J connectivity index is 3.36. The van der Waals surface area contributed by atoms with Gasteiger partial charge in [0.1, 0.15) is 0 Å². The summed E-state index contributed by atoms with van der Waals surface area (Å²) in [6.45, 7) is 0. The molecular formula is CH3O3PSe2-2. The van der Waals surface area contributed by atoms with Gasteiger partial charge in [0.15, 0.2) is 0 Å². The zero-order chi connectivity index (χ0) is 5.91. The predicted molar refractivity (Wildman–Crippen MR) is 25.0 cm³/mol.